The number of rotatable bonds is 6. The van der Waals surface area contributed by atoms with Gasteiger partial charge in [0, 0.05) is 0 Å². The van der Waals surface area contributed by atoms with Gasteiger partial charge in [0.15, 0.2) is 6.61 Å². The van der Waals surface area contributed by atoms with E-state index in [9.17, 15) is 14.4 Å². The summed E-state index contributed by atoms with van der Waals surface area (Å²) in [4.78, 5) is 37.0. The number of para-hydroxylation sites is 2. The molecule has 0 radical (unpaired) electrons. The monoisotopic (exact) mass is 334 g/mol. The lowest BCUT2D eigenvalue weighted by Crippen LogP contribution is -2.55. The number of carboxylic acid groups (broad SMARTS) is 1. The van der Waals surface area contributed by atoms with Crippen molar-refractivity contribution in [2.75, 3.05) is 18.1 Å². The van der Waals surface area contributed by atoms with Crippen molar-refractivity contribution in [3.8, 4) is 5.75 Å². The van der Waals surface area contributed by atoms with Gasteiger partial charge >= 0.3 is 5.97 Å². The van der Waals surface area contributed by atoms with Crippen LogP contribution in [0.2, 0.25) is 0 Å². The summed E-state index contributed by atoms with van der Waals surface area (Å²) in [7, 11) is 0. The van der Waals surface area contributed by atoms with Crippen LogP contribution in [0.1, 0.15) is 27.2 Å². The van der Waals surface area contributed by atoms with Gasteiger partial charge < -0.3 is 15.2 Å². The fraction of sp³-hybridized carbons (Fsp3) is 0.471. The van der Waals surface area contributed by atoms with Crippen molar-refractivity contribution in [3.05, 3.63) is 24.3 Å². The van der Waals surface area contributed by atoms with E-state index in [-0.39, 0.29) is 31.4 Å². The maximum Gasteiger partial charge on any atom is 0.305 e. The zero-order chi connectivity index (χ0) is 17.9. The Morgan fingerprint density at radius 2 is 2.04 bits per heavy atom. The summed E-state index contributed by atoms with van der Waals surface area (Å²) in [5, 5.41) is 11.8. The number of carboxylic acids is 1. The predicted molar refractivity (Wildman–Crippen MR) is 87.9 cm³/mol. The second-order valence-electron chi connectivity index (χ2n) is 6.43. The van der Waals surface area contributed by atoms with Gasteiger partial charge in [-0.2, -0.15) is 0 Å². The van der Waals surface area contributed by atoms with Crippen LogP contribution in [-0.2, 0) is 14.4 Å². The molecule has 1 aromatic carbocycles. The van der Waals surface area contributed by atoms with Gasteiger partial charge in [0.05, 0.1) is 17.6 Å². The molecule has 1 aliphatic heterocycles. The van der Waals surface area contributed by atoms with Gasteiger partial charge in [0.1, 0.15) is 12.3 Å². The molecule has 2 amide bonds. The average Bonchev–Trinajstić information content (AvgIpc) is 2.49. The molecule has 0 aromatic heterocycles. The molecule has 1 aliphatic rings. The van der Waals surface area contributed by atoms with Gasteiger partial charge in [0.2, 0.25) is 5.91 Å². The Labute approximate surface area is 140 Å². The van der Waals surface area contributed by atoms with Crippen LogP contribution in [0.5, 0.6) is 5.75 Å². The van der Waals surface area contributed by atoms with E-state index in [2.05, 4.69) is 5.32 Å². The molecule has 24 heavy (non-hydrogen) atoms. The summed E-state index contributed by atoms with van der Waals surface area (Å²) < 4.78 is 5.34. The highest BCUT2D eigenvalue weighted by Gasteiger charge is 2.34. The van der Waals surface area contributed by atoms with Crippen molar-refractivity contribution < 1.29 is 24.2 Å². The number of hydrogen-bond acceptors (Lipinski definition) is 4. The van der Waals surface area contributed by atoms with Crippen LogP contribution in [0, 0.1) is 5.92 Å². The summed E-state index contributed by atoms with van der Waals surface area (Å²) in [5.74, 6) is -1.24. The molecule has 1 unspecified atom stereocenters. The first-order chi connectivity index (χ1) is 11.2. The van der Waals surface area contributed by atoms with E-state index in [0.29, 0.717) is 11.4 Å². The molecule has 0 spiro atoms. The number of benzene rings is 1. The van der Waals surface area contributed by atoms with Gasteiger partial charge in [-0.15, -0.1) is 0 Å². The first-order valence-corrected chi connectivity index (χ1v) is 7.78. The Bertz CT molecular complexity index is 658. The van der Waals surface area contributed by atoms with E-state index in [1.807, 2.05) is 13.8 Å². The molecule has 2 rings (SSSR count). The predicted octanol–water partition coefficient (Wildman–Crippen LogP) is 1.42. The zero-order valence-corrected chi connectivity index (χ0v) is 14.0. The minimum Gasteiger partial charge on any atom is -0.482 e. The summed E-state index contributed by atoms with van der Waals surface area (Å²) in [6, 6.07) is 6.98. The molecule has 130 valence electrons. The highest BCUT2D eigenvalue weighted by molar-refractivity contribution is 6.02. The van der Waals surface area contributed by atoms with Crippen LogP contribution in [0.25, 0.3) is 0 Å². The summed E-state index contributed by atoms with van der Waals surface area (Å²) in [6.07, 6.45) is -0.190. The lowest BCUT2D eigenvalue weighted by Gasteiger charge is -2.35. The average molecular weight is 334 g/mol. The van der Waals surface area contributed by atoms with Crippen LogP contribution < -0.4 is 15.0 Å². The first kappa shape index (κ1) is 17.8. The van der Waals surface area contributed by atoms with Crippen molar-refractivity contribution >= 4 is 23.5 Å². The number of ether oxygens (including phenoxy) is 1. The molecular formula is C17H22N2O5. The molecule has 1 atom stereocenters. The molecule has 7 heteroatoms. The minimum absolute atomic E-state index is 0.0785. The third kappa shape index (κ3) is 3.84. The number of fused-ring (bicyclic) bond motifs is 1. The highest BCUT2D eigenvalue weighted by atomic mass is 16.5. The van der Waals surface area contributed by atoms with E-state index in [1.165, 1.54) is 4.90 Å². The van der Waals surface area contributed by atoms with E-state index in [0.717, 1.165) is 0 Å². The maximum absolute atomic E-state index is 12.4. The van der Waals surface area contributed by atoms with Crippen LogP contribution in [-0.4, -0.2) is 41.6 Å². The number of amides is 2. The molecule has 0 saturated carbocycles. The van der Waals surface area contributed by atoms with Gasteiger partial charge in [-0.05, 0) is 25.0 Å². The Morgan fingerprint density at radius 3 is 2.67 bits per heavy atom. The molecule has 1 heterocycles. The number of hydrogen-bond donors (Lipinski definition) is 2. The van der Waals surface area contributed by atoms with Crippen LogP contribution in [0.4, 0.5) is 5.69 Å². The number of carbonyl (C=O) groups excluding carboxylic acids is 2. The van der Waals surface area contributed by atoms with Crippen molar-refractivity contribution in [2.45, 2.75) is 32.7 Å². The zero-order valence-electron chi connectivity index (χ0n) is 14.0. The largest absolute Gasteiger partial charge is 0.482 e. The fourth-order valence-electron chi connectivity index (χ4n) is 2.54. The number of nitrogens with one attached hydrogen (secondary N) is 1. The molecule has 2 N–H and O–H groups in total. The van der Waals surface area contributed by atoms with Gasteiger partial charge in [-0.25, -0.2) is 0 Å². The van der Waals surface area contributed by atoms with Crippen molar-refractivity contribution in [3.63, 3.8) is 0 Å². The Kier molecular flexibility index (Phi) is 5.11. The maximum atomic E-state index is 12.4. The van der Waals surface area contributed by atoms with E-state index in [1.54, 1.807) is 31.2 Å². The van der Waals surface area contributed by atoms with Crippen molar-refractivity contribution in [1.29, 1.82) is 0 Å². The van der Waals surface area contributed by atoms with Crippen molar-refractivity contribution in [2.24, 2.45) is 5.92 Å². The molecule has 7 nitrogen and oxygen atoms in total. The second-order valence-corrected chi connectivity index (χ2v) is 6.43. The molecule has 0 bridgehead atoms. The summed E-state index contributed by atoms with van der Waals surface area (Å²) in [6.45, 7) is 5.08. The van der Waals surface area contributed by atoms with Crippen LogP contribution >= 0.6 is 0 Å². The van der Waals surface area contributed by atoms with E-state index >= 15 is 0 Å². The number of anilines is 1. The summed E-state index contributed by atoms with van der Waals surface area (Å²) in [5.41, 5.74) is -0.356. The fourth-order valence-corrected chi connectivity index (χ4v) is 2.54. The molecular weight excluding hydrogens is 312 g/mol. The number of carbonyl (C=O) groups is 3. The van der Waals surface area contributed by atoms with Crippen molar-refractivity contribution in [1.82, 2.24) is 5.32 Å². The molecule has 1 aromatic rings. The van der Waals surface area contributed by atoms with Gasteiger partial charge in [-0.3, -0.25) is 19.3 Å². The lowest BCUT2D eigenvalue weighted by molar-refractivity contribution is -0.139. The highest BCUT2D eigenvalue weighted by Crippen LogP contribution is 2.31. The van der Waals surface area contributed by atoms with Gasteiger partial charge in [-0.1, -0.05) is 26.0 Å². The van der Waals surface area contributed by atoms with Gasteiger partial charge in [0.25, 0.3) is 5.91 Å². The topological polar surface area (TPSA) is 95.9 Å². The normalized spacial score (nSPS) is 16.2. The Hall–Kier alpha value is -2.57. The second kappa shape index (κ2) is 6.90. The van der Waals surface area contributed by atoms with E-state index in [4.69, 9.17) is 9.84 Å². The SMILES string of the molecule is CC(C)C(C)(CC(=O)O)NC(=O)CN1C(=O)COc2ccccc21. The number of nitrogens with zero attached hydrogens (tertiary/aromatic N) is 1. The Morgan fingerprint density at radius 1 is 1.38 bits per heavy atom. The quantitative estimate of drug-likeness (QED) is 0.820. The van der Waals surface area contributed by atoms with E-state index < -0.39 is 17.4 Å². The standard InChI is InChI=1S/C17H22N2O5/c1-11(2)17(3,8-16(22)23)18-14(20)9-19-12-6-4-5-7-13(12)24-10-15(19)21/h4-7,11H,8-10H2,1-3H3,(H,18,20)(H,22,23). The third-order valence-corrected chi connectivity index (χ3v) is 4.33. The number of aliphatic carboxylic acids is 1. The Balaban J connectivity index is 2.14. The third-order valence-electron chi connectivity index (χ3n) is 4.33. The summed E-state index contributed by atoms with van der Waals surface area (Å²) >= 11 is 0. The lowest BCUT2D eigenvalue weighted by atomic mass is 9.85. The smallest absolute Gasteiger partial charge is 0.305 e. The first-order valence-electron chi connectivity index (χ1n) is 7.78. The van der Waals surface area contributed by atoms with Crippen LogP contribution in [0.3, 0.4) is 0 Å². The molecule has 0 fully saturated rings. The minimum atomic E-state index is -0.987. The molecule has 0 saturated heterocycles. The van der Waals surface area contributed by atoms with Crippen LogP contribution in [0.15, 0.2) is 24.3 Å². The molecule has 0 aliphatic carbocycles.